The van der Waals surface area contributed by atoms with Gasteiger partial charge in [0.05, 0.1) is 11.4 Å². The molecule has 0 spiro atoms. The molecule has 2 rings (SSSR count). The van der Waals surface area contributed by atoms with Gasteiger partial charge in [0.2, 0.25) is 0 Å². The van der Waals surface area contributed by atoms with Crippen LogP contribution in [0.15, 0.2) is 29.8 Å². The number of carbonyl (C=O) groups excluding carboxylic acids is 1. The fourth-order valence-corrected chi connectivity index (χ4v) is 2.33. The van der Waals surface area contributed by atoms with Crippen molar-refractivity contribution < 1.29 is 4.79 Å². The molecule has 19 heavy (non-hydrogen) atoms. The summed E-state index contributed by atoms with van der Waals surface area (Å²) in [5.74, 6) is -0.116. The van der Waals surface area contributed by atoms with Crippen LogP contribution in [0.1, 0.15) is 36.0 Å². The molecule has 0 unspecified atom stereocenters. The minimum atomic E-state index is -0.116. The first-order chi connectivity index (χ1) is 9.20. The van der Waals surface area contributed by atoms with Gasteiger partial charge in [-0.25, -0.2) is 0 Å². The Bertz CT molecular complexity index is 494. The number of hydrogen-bond donors (Lipinski definition) is 3. The maximum atomic E-state index is 11.5. The molecule has 0 bridgehead atoms. The number of benzene rings is 1. The van der Waals surface area contributed by atoms with Gasteiger partial charge in [-0.15, -0.1) is 0 Å². The average Bonchev–Trinajstić information content (AvgIpc) is 2.93. The molecule has 0 radical (unpaired) electrons. The van der Waals surface area contributed by atoms with Crippen LogP contribution in [0.25, 0.3) is 0 Å². The summed E-state index contributed by atoms with van der Waals surface area (Å²) in [7, 11) is 1.61. The van der Waals surface area contributed by atoms with Gasteiger partial charge in [0, 0.05) is 19.2 Å². The average molecular weight is 259 g/mol. The van der Waals surface area contributed by atoms with Gasteiger partial charge in [-0.05, 0) is 43.9 Å². The van der Waals surface area contributed by atoms with E-state index in [-0.39, 0.29) is 5.91 Å². The highest BCUT2D eigenvalue weighted by molar-refractivity contribution is 5.95. The van der Waals surface area contributed by atoms with Crippen LogP contribution in [0.3, 0.4) is 0 Å². The second-order valence-corrected chi connectivity index (χ2v) is 4.81. The van der Waals surface area contributed by atoms with Crippen LogP contribution in [0, 0.1) is 0 Å². The number of allylic oxidation sites excluding steroid dienone is 1. The molecule has 102 valence electrons. The molecule has 1 aliphatic rings. The fourth-order valence-electron chi connectivity index (χ4n) is 2.33. The van der Waals surface area contributed by atoms with E-state index in [1.165, 1.54) is 24.8 Å². The van der Waals surface area contributed by atoms with Crippen LogP contribution in [-0.2, 0) is 0 Å². The van der Waals surface area contributed by atoms with E-state index in [4.69, 9.17) is 5.73 Å². The zero-order chi connectivity index (χ0) is 13.7. The SMILES string of the molecule is CNC(=O)c1ccc(NCCC2=CCCC2)c(N)c1. The molecule has 0 heterocycles. The Labute approximate surface area is 114 Å². The molecule has 4 nitrogen and oxygen atoms in total. The van der Waals surface area contributed by atoms with E-state index in [1.807, 2.05) is 6.07 Å². The maximum absolute atomic E-state index is 11.5. The summed E-state index contributed by atoms with van der Waals surface area (Å²) in [5.41, 5.74) is 9.58. The van der Waals surface area contributed by atoms with Crippen molar-refractivity contribution in [3.63, 3.8) is 0 Å². The summed E-state index contributed by atoms with van der Waals surface area (Å²) in [6, 6.07) is 5.35. The van der Waals surface area contributed by atoms with Gasteiger partial charge in [0.15, 0.2) is 0 Å². The number of anilines is 2. The van der Waals surface area contributed by atoms with Crippen molar-refractivity contribution in [1.82, 2.24) is 5.32 Å². The van der Waals surface area contributed by atoms with Crippen LogP contribution in [0.4, 0.5) is 11.4 Å². The van der Waals surface area contributed by atoms with Gasteiger partial charge in [-0.2, -0.15) is 0 Å². The van der Waals surface area contributed by atoms with Crippen LogP contribution in [0.2, 0.25) is 0 Å². The molecule has 0 saturated heterocycles. The Hall–Kier alpha value is -1.97. The van der Waals surface area contributed by atoms with E-state index in [9.17, 15) is 4.79 Å². The number of nitrogens with two attached hydrogens (primary N) is 1. The Morgan fingerprint density at radius 2 is 2.26 bits per heavy atom. The van der Waals surface area contributed by atoms with E-state index in [0.29, 0.717) is 11.3 Å². The summed E-state index contributed by atoms with van der Waals surface area (Å²) < 4.78 is 0. The monoisotopic (exact) mass is 259 g/mol. The number of nitrogens with one attached hydrogen (secondary N) is 2. The van der Waals surface area contributed by atoms with E-state index in [2.05, 4.69) is 16.7 Å². The smallest absolute Gasteiger partial charge is 0.251 e. The molecule has 0 aliphatic heterocycles. The third kappa shape index (κ3) is 3.50. The van der Waals surface area contributed by atoms with Crippen LogP contribution in [-0.4, -0.2) is 19.5 Å². The topological polar surface area (TPSA) is 67.2 Å². The highest BCUT2D eigenvalue weighted by Gasteiger charge is 2.07. The van der Waals surface area contributed by atoms with Gasteiger partial charge < -0.3 is 16.4 Å². The van der Waals surface area contributed by atoms with Crippen molar-refractivity contribution in [3.05, 3.63) is 35.4 Å². The summed E-state index contributed by atoms with van der Waals surface area (Å²) in [6.07, 6.45) is 7.14. The molecular formula is C15H21N3O. The zero-order valence-corrected chi connectivity index (χ0v) is 11.3. The lowest BCUT2D eigenvalue weighted by molar-refractivity contribution is 0.0963. The number of carbonyl (C=O) groups is 1. The van der Waals surface area contributed by atoms with Gasteiger partial charge in [0.25, 0.3) is 5.91 Å². The van der Waals surface area contributed by atoms with Crippen molar-refractivity contribution in [1.29, 1.82) is 0 Å². The highest BCUT2D eigenvalue weighted by atomic mass is 16.1. The standard InChI is InChI=1S/C15H21N3O/c1-17-15(19)12-6-7-14(13(16)10-12)18-9-8-11-4-2-3-5-11/h4,6-7,10,18H,2-3,5,8-9,16H2,1H3,(H,17,19). The van der Waals surface area contributed by atoms with E-state index >= 15 is 0 Å². The van der Waals surface area contributed by atoms with Gasteiger partial charge in [0.1, 0.15) is 0 Å². The highest BCUT2D eigenvalue weighted by Crippen LogP contribution is 2.23. The van der Waals surface area contributed by atoms with Crippen molar-refractivity contribution in [2.24, 2.45) is 0 Å². The Morgan fingerprint density at radius 3 is 2.89 bits per heavy atom. The Kier molecular flexibility index (Phi) is 4.44. The molecule has 1 aromatic rings. The Morgan fingerprint density at radius 1 is 1.42 bits per heavy atom. The summed E-state index contributed by atoms with van der Waals surface area (Å²) in [6.45, 7) is 0.884. The molecule has 0 atom stereocenters. The number of rotatable bonds is 5. The molecule has 1 amide bonds. The predicted octanol–water partition coefficient (Wildman–Crippen LogP) is 2.54. The lowest BCUT2D eigenvalue weighted by atomic mass is 10.1. The van der Waals surface area contributed by atoms with Gasteiger partial charge >= 0.3 is 0 Å². The van der Waals surface area contributed by atoms with Crippen molar-refractivity contribution in [3.8, 4) is 0 Å². The molecule has 1 aliphatic carbocycles. The van der Waals surface area contributed by atoms with Crippen LogP contribution >= 0.6 is 0 Å². The normalized spacial score (nSPS) is 14.1. The molecule has 1 aromatic carbocycles. The first-order valence-corrected chi connectivity index (χ1v) is 6.74. The zero-order valence-electron chi connectivity index (χ0n) is 11.3. The minimum Gasteiger partial charge on any atom is -0.397 e. The lowest BCUT2D eigenvalue weighted by Crippen LogP contribution is -2.18. The third-order valence-electron chi connectivity index (χ3n) is 3.44. The summed E-state index contributed by atoms with van der Waals surface area (Å²) in [5, 5.41) is 5.91. The quantitative estimate of drug-likeness (QED) is 0.562. The van der Waals surface area contributed by atoms with Gasteiger partial charge in [-0.1, -0.05) is 11.6 Å². The second kappa shape index (κ2) is 6.27. The molecule has 0 aromatic heterocycles. The second-order valence-electron chi connectivity index (χ2n) is 4.81. The molecule has 0 fully saturated rings. The van der Waals surface area contributed by atoms with Crippen molar-refractivity contribution in [2.75, 3.05) is 24.6 Å². The van der Waals surface area contributed by atoms with Crippen LogP contribution in [0.5, 0.6) is 0 Å². The van der Waals surface area contributed by atoms with E-state index in [1.54, 1.807) is 19.2 Å². The third-order valence-corrected chi connectivity index (χ3v) is 3.44. The molecule has 4 N–H and O–H groups in total. The van der Waals surface area contributed by atoms with Crippen molar-refractivity contribution in [2.45, 2.75) is 25.7 Å². The fraction of sp³-hybridized carbons (Fsp3) is 0.400. The Balaban J connectivity index is 1.91. The van der Waals surface area contributed by atoms with E-state index in [0.717, 1.165) is 18.7 Å². The number of amides is 1. The van der Waals surface area contributed by atoms with Gasteiger partial charge in [-0.3, -0.25) is 4.79 Å². The summed E-state index contributed by atoms with van der Waals surface area (Å²) >= 11 is 0. The molecule has 4 heteroatoms. The number of hydrogen-bond acceptors (Lipinski definition) is 3. The molecule has 0 saturated carbocycles. The van der Waals surface area contributed by atoms with Crippen molar-refractivity contribution >= 4 is 17.3 Å². The predicted molar refractivity (Wildman–Crippen MR) is 79.3 cm³/mol. The first-order valence-electron chi connectivity index (χ1n) is 6.74. The maximum Gasteiger partial charge on any atom is 0.251 e. The summed E-state index contributed by atoms with van der Waals surface area (Å²) in [4.78, 5) is 11.5. The van der Waals surface area contributed by atoms with Crippen LogP contribution < -0.4 is 16.4 Å². The largest absolute Gasteiger partial charge is 0.397 e. The lowest BCUT2D eigenvalue weighted by Gasteiger charge is -2.11. The first kappa shape index (κ1) is 13.5. The number of nitrogen functional groups attached to an aromatic ring is 1. The minimum absolute atomic E-state index is 0.116. The molecular weight excluding hydrogens is 238 g/mol. The van der Waals surface area contributed by atoms with E-state index < -0.39 is 0 Å².